The number of methoxy groups -OCH3 is 2. The Bertz CT molecular complexity index is 669. The number of aryl methyl sites for hydroxylation is 1. The minimum Gasteiger partial charge on any atom is -0.497 e. The summed E-state index contributed by atoms with van der Waals surface area (Å²) in [5.74, 6) is 1.67. The standard InChI is InChI=1S/C21H28N2O3/c1-4-20(17-9-13-19(26-3)14-10-17)23-21(24)22-15-5-6-16-7-11-18(25-2)12-8-16/h7-14,20H,4-6,15H2,1-3H3,(H2,22,23,24). The van der Waals surface area contributed by atoms with E-state index in [-0.39, 0.29) is 12.1 Å². The van der Waals surface area contributed by atoms with E-state index in [1.54, 1.807) is 14.2 Å². The molecule has 0 aliphatic heterocycles. The molecule has 0 spiro atoms. The second-order valence-electron chi connectivity index (χ2n) is 6.09. The Morgan fingerprint density at radius 2 is 1.54 bits per heavy atom. The lowest BCUT2D eigenvalue weighted by Gasteiger charge is -2.18. The minimum atomic E-state index is -0.137. The smallest absolute Gasteiger partial charge is 0.315 e. The first-order chi connectivity index (χ1) is 12.7. The van der Waals surface area contributed by atoms with Crippen LogP contribution in [0.3, 0.4) is 0 Å². The van der Waals surface area contributed by atoms with Crippen LogP contribution in [0.25, 0.3) is 0 Å². The number of rotatable bonds is 9. The van der Waals surface area contributed by atoms with Gasteiger partial charge in [0, 0.05) is 6.54 Å². The number of ether oxygens (including phenoxy) is 2. The fourth-order valence-corrected chi connectivity index (χ4v) is 2.75. The molecule has 0 radical (unpaired) electrons. The quantitative estimate of drug-likeness (QED) is 0.666. The summed E-state index contributed by atoms with van der Waals surface area (Å²) in [6.45, 7) is 2.69. The lowest BCUT2D eigenvalue weighted by Crippen LogP contribution is -2.38. The van der Waals surface area contributed by atoms with Gasteiger partial charge in [0.15, 0.2) is 0 Å². The van der Waals surface area contributed by atoms with Gasteiger partial charge in [0.2, 0.25) is 0 Å². The topological polar surface area (TPSA) is 59.6 Å². The number of hydrogen-bond donors (Lipinski definition) is 2. The van der Waals surface area contributed by atoms with Crippen molar-refractivity contribution in [1.82, 2.24) is 10.6 Å². The summed E-state index contributed by atoms with van der Waals surface area (Å²) in [7, 11) is 3.30. The molecular weight excluding hydrogens is 328 g/mol. The van der Waals surface area contributed by atoms with Crippen LogP contribution in [0.5, 0.6) is 11.5 Å². The zero-order valence-corrected chi connectivity index (χ0v) is 15.7. The lowest BCUT2D eigenvalue weighted by atomic mass is 10.0. The van der Waals surface area contributed by atoms with Crippen LogP contribution in [0.15, 0.2) is 48.5 Å². The molecule has 2 aromatic rings. The van der Waals surface area contributed by atoms with Crippen molar-refractivity contribution in [3.05, 3.63) is 59.7 Å². The molecule has 0 heterocycles. The third kappa shape index (κ3) is 5.99. The van der Waals surface area contributed by atoms with Crippen LogP contribution in [0, 0.1) is 0 Å². The fourth-order valence-electron chi connectivity index (χ4n) is 2.75. The van der Waals surface area contributed by atoms with Crippen molar-refractivity contribution >= 4 is 6.03 Å². The molecular formula is C21H28N2O3. The summed E-state index contributed by atoms with van der Waals surface area (Å²) in [6, 6.07) is 15.6. The van der Waals surface area contributed by atoms with Crippen molar-refractivity contribution in [2.24, 2.45) is 0 Å². The van der Waals surface area contributed by atoms with Crippen molar-refractivity contribution in [2.75, 3.05) is 20.8 Å². The average Bonchev–Trinajstić information content (AvgIpc) is 2.70. The number of carbonyl (C=O) groups is 1. The summed E-state index contributed by atoms with van der Waals surface area (Å²) in [6.07, 6.45) is 2.63. The monoisotopic (exact) mass is 356 g/mol. The van der Waals surface area contributed by atoms with Crippen molar-refractivity contribution in [3.8, 4) is 11.5 Å². The Morgan fingerprint density at radius 1 is 0.962 bits per heavy atom. The van der Waals surface area contributed by atoms with E-state index in [4.69, 9.17) is 9.47 Å². The molecule has 26 heavy (non-hydrogen) atoms. The van der Waals surface area contributed by atoms with E-state index in [9.17, 15) is 4.79 Å². The normalized spacial score (nSPS) is 11.5. The van der Waals surface area contributed by atoms with E-state index in [1.807, 2.05) is 36.4 Å². The average molecular weight is 356 g/mol. The number of amides is 2. The highest BCUT2D eigenvalue weighted by molar-refractivity contribution is 5.74. The molecule has 2 aromatic carbocycles. The van der Waals surface area contributed by atoms with Crippen molar-refractivity contribution < 1.29 is 14.3 Å². The van der Waals surface area contributed by atoms with E-state index >= 15 is 0 Å². The Labute approximate surface area is 155 Å². The second-order valence-corrected chi connectivity index (χ2v) is 6.09. The maximum absolute atomic E-state index is 12.1. The highest BCUT2D eigenvalue weighted by atomic mass is 16.5. The van der Waals surface area contributed by atoms with Crippen LogP contribution in [-0.2, 0) is 6.42 Å². The van der Waals surface area contributed by atoms with E-state index in [1.165, 1.54) is 5.56 Å². The molecule has 0 aliphatic rings. The third-order valence-corrected chi connectivity index (χ3v) is 4.32. The Morgan fingerprint density at radius 3 is 2.08 bits per heavy atom. The Hall–Kier alpha value is -2.69. The third-order valence-electron chi connectivity index (χ3n) is 4.32. The van der Waals surface area contributed by atoms with Crippen molar-refractivity contribution in [1.29, 1.82) is 0 Å². The highest BCUT2D eigenvalue weighted by Gasteiger charge is 2.12. The van der Waals surface area contributed by atoms with Gasteiger partial charge in [-0.3, -0.25) is 0 Å². The molecule has 2 rings (SSSR count). The van der Waals surface area contributed by atoms with Gasteiger partial charge >= 0.3 is 6.03 Å². The summed E-state index contributed by atoms with van der Waals surface area (Å²) in [4.78, 5) is 12.1. The zero-order valence-electron chi connectivity index (χ0n) is 15.7. The summed E-state index contributed by atoms with van der Waals surface area (Å²) >= 11 is 0. The maximum atomic E-state index is 12.1. The molecule has 2 N–H and O–H groups in total. The van der Waals surface area contributed by atoms with Crippen LogP contribution >= 0.6 is 0 Å². The van der Waals surface area contributed by atoms with Gasteiger partial charge in [0.1, 0.15) is 11.5 Å². The first-order valence-corrected chi connectivity index (χ1v) is 8.97. The van der Waals surface area contributed by atoms with E-state index in [0.29, 0.717) is 6.54 Å². The molecule has 5 heteroatoms. The van der Waals surface area contributed by atoms with Crippen molar-refractivity contribution in [2.45, 2.75) is 32.2 Å². The van der Waals surface area contributed by atoms with Crippen LogP contribution < -0.4 is 20.1 Å². The van der Waals surface area contributed by atoms with Gasteiger partial charge in [0.25, 0.3) is 0 Å². The van der Waals surface area contributed by atoms with Gasteiger partial charge in [-0.1, -0.05) is 31.2 Å². The van der Waals surface area contributed by atoms with Gasteiger partial charge in [-0.25, -0.2) is 4.79 Å². The largest absolute Gasteiger partial charge is 0.497 e. The Kier molecular flexibility index (Phi) is 7.80. The predicted octanol–water partition coefficient (Wildman–Crippen LogP) is 4.09. The zero-order chi connectivity index (χ0) is 18.8. The number of benzene rings is 2. The molecule has 1 atom stereocenters. The molecule has 0 saturated heterocycles. The molecule has 2 amide bonds. The molecule has 0 aromatic heterocycles. The van der Waals surface area contributed by atoms with Crippen LogP contribution in [0.4, 0.5) is 4.79 Å². The lowest BCUT2D eigenvalue weighted by molar-refractivity contribution is 0.236. The summed E-state index contributed by atoms with van der Waals surface area (Å²) < 4.78 is 10.3. The van der Waals surface area contributed by atoms with Gasteiger partial charge in [-0.2, -0.15) is 0 Å². The molecule has 1 unspecified atom stereocenters. The minimum absolute atomic E-state index is 0.0116. The molecule has 0 aliphatic carbocycles. The van der Waals surface area contributed by atoms with Crippen LogP contribution in [0.1, 0.15) is 36.9 Å². The molecule has 140 valence electrons. The summed E-state index contributed by atoms with van der Waals surface area (Å²) in [5, 5.41) is 5.96. The fraction of sp³-hybridized carbons (Fsp3) is 0.381. The first kappa shape index (κ1) is 19.6. The van der Waals surface area contributed by atoms with E-state index < -0.39 is 0 Å². The summed E-state index contributed by atoms with van der Waals surface area (Å²) in [5.41, 5.74) is 2.30. The van der Waals surface area contributed by atoms with Gasteiger partial charge < -0.3 is 20.1 Å². The van der Waals surface area contributed by atoms with Crippen molar-refractivity contribution in [3.63, 3.8) is 0 Å². The van der Waals surface area contributed by atoms with E-state index in [2.05, 4.69) is 29.7 Å². The molecule has 0 bridgehead atoms. The number of hydrogen-bond acceptors (Lipinski definition) is 3. The molecule has 0 fully saturated rings. The Balaban J connectivity index is 1.73. The van der Waals surface area contributed by atoms with E-state index in [0.717, 1.165) is 36.3 Å². The van der Waals surface area contributed by atoms with Gasteiger partial charge in [-0.15, -0.1) is 0 Å². The number of carbonyl (C=O) groups excluding carboxylic acids is 1. The SMILES string of the molecule is CCC(NC(=O)NCCCc1ccc(OC)cc1)c1ccc(OC)cc1. The predicted molar refractivity (Wildman–Crippen MR) is 104 cm³/mol. The second kappa shape index (κ2) is 10.3. The number of urea groups is 1. The maximum Gasteiger partial charge on any atom is 0.315 e. The van der Waals surface area contributed by atoms with Gasteiger partial charge in [0.05, 0.1) is 20.3 Å². The highest BCUT2D eigenvalue weighted by Crippen LogP contribution is 2.20. The van der Waals surface area contributed by atoms with Crippen LogP contribution in [0.2, 0.25) is 0 Å². The van der Waals surface area contributed by atoms with Crippen LogP contribution in [-0.4, -0.2) is 26.8 Å². The first-order valence-electron chi connectivity index (χ1n) is 8.97. The molecule has 5 nitrogen and oxygen atoms in total. The van der Waals surface area contributed by atoms with Gasteiger partial charge in [-0.05, 0) is 54.7 Å². The number of nitrogens with one attached hydrogen (secondary N) is 2. The molecule has 0 saturated carbocycles.